The van der Waals surface area contributed by atoms with Crippen LogP contribution >= 0.6 is 34.0 Å². The molecule has 0 saturated carbocycles. The number of thiazole rings is 1. The van der Waals surface area contributed by atoms with Gasteiger partial charge in [-0.3, -0.25) is 0 Å². The number of hydrogen-bond donors (Lipinski definition) is 0. The van der Waals surface area contributed by atoms with Crippen LogP contribution in [0.25, 0.3) is 99.8 Å². The second-order valence-corrected chi connectivity index (χ2v) is 25.3. The van der Waals surface area contributed by atoms with Gasteiger partial charge in [-0.15, -0.1) is 34.0 Å². The molecule has 0 bridgehead atoms. The van der Waals surface area contributed by atoms with Crippen LogP contribution in [0.15, 0.2) is 140 Å². The van der Waals surface area contributed by atoms with Crippen molar-refractivity contribution in [1.29, 1.82) is 0 Å². The van der Waals surface area contributed by atoms with Crippen LogP contribution in [0, 0.1) is 0 Å². The number of anilines is 2. The average molecular weight is 930 g/mol. The van der Waals surface area contributed by atoms with Gasteiger partial charge in [0.1, 0.15) is 5.01 Å². The monoisotopic (exact) mass is 929 g/mol. The third-order valence-corrected chi connectivity index (χ3v) is 19.6. The smallest absolute Gasteiger partial charge is 0.333 e. The van der Waals surface area contributed by atoms with Gasteiger partial charge in [0.2, 0.25) is 0 Å². The van der Waals surface area contributed by atoms with Gasteiger partial charge >= 0.3 is 6.85 Å². The molecule has 0 amide bonds. The van der Waals surface area contributed by atoms with Gasteiger partial charge in [-0.25, -0.2) is 4.98 Å². The van der Waals surface area contributed by atoms with Crippen molar-refractivity contribution in [2.45, 2.75) is 77.6 Å². The summed E-state index contributed by atoms with van der Waals surface area (Å²) in [7, 11) is 0. The number of thiophene rings is 2. The van der Waals surface area contributed by atoms with Crippen molar-refractivity contribution in [3.63, 3.8) is 0 Å². The van der Waals surface area contributed by atoms with E-state index in [1.165, 1.54) is 135 Å². The SMILES string of the molecule is CC(C)(C)c1ccc(N2B3c4cc5nc(-c6ccccc6)sc5cc4-n4c5cc6c(cc5c5c7c(sc8ccccc87)c(c3c54)-c3cc4sc5ccccc5c4cc32)C(C)(C)CCC6(C)C)cc1. The van der Waals surface area contributed by atoms with Gasteiger partial charge in [0.15, 0.2) is 0 Å². The number of fused-ring (bicyclic) bond motifs is 18. The van der Waals surface area contributed by atoms with Gasteiger partial charge in [0.25, 0.3) is 0 Å². The Hall–Kier alpha value is -6.25. The zero-order chi connectivity index (χ0) is 45.7. The van der Waals surface area contributed by atoms with Crippen molar-refractivity contribution in [2.75, 3.05) is 4.81 Å². The molecule has 2 aliphatic heterocycles. The standard InChI is InChI=1S/C61H48BN3S3/c1-59(2,3)34-21-23-35(24-22-34)65-46-28-38-36-17-11-13-19-48(36)66-50(38)29-40(46)54-55-56-52(53-37-18-12-14-20-49(37)67-57(53)54)39-27-41-42(61(6,7)26-25-60(41,4)5)30-45(39)64(56)47-32-51-44(31-43(47)62(55)65)63-58(68-51)33-15-9-8-10-16-33/h8-24,27-32H,25-26H2,1-7H3. The van der Waals surface area contributed by atoms with Crippen LogP contribution < -0.4 is 15.7 Å². The first kappa shape index (κ1) is 39.7. The molecular weight excluding hydrogens is 882 g/mol. The van der Waals surface area contributed by atoms with Crippen molar-refractivity contribution < 1.29 is 0 Å². The van der Waals surface area contributed by atoms with Crippen LogP contribution in [0.2, 0.25) is 0 Å². The molecule has 0 unspecified atom stereocenters. The molecule has 0 saturated heterocycles. The summed E-state index contributed by atoms with van der Waals surface area (Å²) >= 11 is 5.73. The van der Waals surface area contributed by atoms with Gasteiger partial charge in [0, 0.05) is 84.9 Å². The van der Waals surface area contributed by atoms with E-state index in [-0.39, 0.29) is 23.1 Å². The lowest BCUT2D eigenvalue weighted by Gasteiger charge is -2.42. The lowest BCUT2D eigenvalue weighted by atomic mass is 9.44. The highest BCUT2D eigenvalue weighted by Crippen LogP contribution is 2.56. The lowest BCUT2D eigenvalue weighted by Crippen LogP contribution is -2.60. The van der Waals surface area contributed by atoms with Crippen molar-refractivity contribution in [2.24, 2.45) is 0 Å². The molecule has 3 aliphatic rings. The van der Waals surface area contributed by atoms with E-state index in [4.69, 9.17) is 4.98 Å². The molecule has 0 spiro atoms. The molecule has 0 atom stereocenters. The summed E-state index contributed by atoms with van der Waals surface area (Å²) in [5.41, 5.74) is 18.5. The largest absolute Gasteiger partial charge is 0.376 e. The maximum absolute atomic E-state index is 5.47. The van der Waals surface area contributed by atoms with Gasteiger partial charge in [-0.05, 0) is 117 Å². The Morgan fingerprint density at radius 3 is 2.03 bits per heavy atom. The van der Waals surface area contributed by atoms with Crippen molar-refractivity contribution >= 4 is 136 Å². The Kier molecular flexibility index (Phi) is 7.76. The van der Waals surface area contributed by atoms with Gasteiger partial charge < -0.3 is 9.38 Å². The molecule has 0 radical (unpaired) electrons. The molecular formula is C61H48BN3S3. The first-order valence-corrected chi connectivity index (χ1v) is 26.6. The molecule has 6 heterocycles. The predicted molar refractivity (Wildman–Crippen MR) is 298 cm³/mol. The van der Waals surface area contributed by atoms with Crippen LogP contribution in [0.5, 0.6) is 0 Å². The summed E-state index contributed by atoms with van der Waals surface area (Å²) in [6.45, 7) is 16.7. The molecule has 328 valence electrons. The first-order valence-electron chi connectivity index (χ1n) is 24.2. The Morgan fingerprint density at radius 2 is 1.28 bits per heavy atom. The Balaban J connectivity index is 1.18. The highest BCUT2D eigenvalue weighted by atomic mass is 32.1. The van der Waals surface area contributed by atoms with E-state index in [1.54, 1.807) is 0 Å². The van der Waals surface area contributed by atoms with E-state index in [9.17, 15) is 0 Å². The lowest BCUT2D eigenvalue weighted by molar-refractivity contribution is 0.332. The molecule has 7 heteroatoms. The van der Waals surface area contributed by atoms with Crippen molar-refractivity contribution in [1.82, 2.24) is 9.55 Å². The van der Waals surface area contributed by atoms with Gasteiger partial charge in [0.05, 0.1) is 21.3 Å². The first-order chi connectivity index (χ1) is 32.8. The molecule has 8 aromatic carbocycles. The highest BCUT2D eigenvalue weighted by molar-refractivity contribution is 7.27. The fraction of sp³-hybridized carbons (Fsp3) is 0.197. The van der Waals surface area contributed by atoms with E-state index >= 15 is 0 Å². The summed E-state index contributed by atoms with van der Waals surface area (Å²) in [6, 6.07) is 53.9. The fourth-order valence-corrected chi connectivity index (χ4v) is 16.0. The number of aromatic nitrogens is 2. The molecule has 0 N–H and O–H groups in total. The molecule has 12 aromatic rings. The molecule has 4 aromatic heterocycles. The van der Waals surface area contributed by atoms with E-state index in [1.807, 2.05) is 34.0 Å². The molecule has 15 rings (SSSR count). The van der Waals surface area contributed by atoms with E-state index in [0.29, 0.717) is 0 Å². The number of nitrogens with zero attached hydrogens (tertiary/aromatic N) is 3. The minimum atomic E-state index is -0.127. The number of rotatable bonds is 2. The summed E-state index contributed by atoms with van der Waals surface area (Å²) in [5.74, 6) is 0. The normalized spacial score (nSPS) is 15.9. The summed E-state index contributed by atoms with van der Waals surface area (Å²) < 4.78 is 9.34. The summed E-state index contributed by atoms with van der Waals surface area (Å²) in [5, 5.41) is 9.22. The topological polar surface area (TPSA) is 21.1 Å². The van der Waals surface area contributed by atoms with E-state index in [2.05, 4.69) is 197 Å². The Labute approximate surface area is 408 Å². The minimum Gasteiger partial charge on any atom is -0.376 e. The van der Waals surface area contributed by atoms with Crippen LogP contribution in [0.1, 0.15) is 78.0 Å². The Bertz CT molecular complexity index is 4190. The van der Waals surface area contributed by atoms with Crippen LogP contribution in [0.4, 0.5) is 11.4 Å². The van der Waals surface area contributed by atoms with Crippen LogP contribution in [-0.4, -0.2) is 16.4 Å². The third-order valence-electron chi connectivity index (χ3n) is 16.2. The maximum Gasteiger partial charge on any atom is 0.333 e. The van der Waals surface area contributed by atoms with Crippen LogP contribution in [-0.2, 0) is 16.2 Å². The number of hydrogen-bond acceptors (Lipinski definition) is 5. The van der Waals surface area contributed by atoms with Gasteiger partial charge in [-0.1, -0.05) is 127 Å². The predicted octanol–water partition coefficient (Wildman–Crippen LogP) is 16.7. The maximum atomic E-state index is 5.47. The molecule has 1 aliphatic carbocycles. The van der Waals surface area contributed by atoms with Gasteiger partial charge in [-0.2, -0.15) is 0 Å². The summed E-state index contributed by atoms with van der Waals surface area (Å²) in [6.07, 6.45) is 2.34. The zero-order valence-electron chi connectivity index (χ0n) is 39.3. The van der Waals surface area contributed by atoms with Crippen molar-refractivity contribution in [3.8, 4) is 27.4 Å². The van der Waals surface area contributed by atoms with E-state index < -0.39 is 0 Å². The van der Waals surface area contributed by atoms with Crippen molar-refractivity contribution in [3.05, 3.63) is 156 Å². The third kappa shape index (κ3) is 5.22. The average Bonchev–Trinajstić information content (AvgIpc) is 4.11. The number of benzene rings is 8. The highest BCUT2D eigenvalue weighted by Gasteiger charge is 2.47. The van der Waals surface area contributed by atoms with E-state index in [0.717, 1.165) is 16.1 Å². The molecule has 3 nitrogen and oxygen atoms in total. The second-order valence-electron chi connectivity index (χ2n) is 22.1. The van der Waals surface area contributed by atoms with Crippen LogP contribution in [0.3, 0.4) is 0 Å². The Morgan fingerprint density at radius 1 is 0.588 bits per heavy atom. The second kappa shape index (κ2) is 13.3. The zero-order valence-corrected chi connectivity index (χ0v) is 41.8. The summed E-state index contributed by atoms with van der Waals surface area (Å²) in [4.78, 5) is 8.19. The molecule has 0 fully saturated rings. The molecule has 68 heavy (non-hydrogen) atoms. The fourth-order valence-electron chi connectivity index (χ4n) is 12.6. The quantitative estimate of drug-likeness (QED) is 0.161. The minimum absolute atomic E-state index is 0.0268.